The Hall–Kier alpha value is -0.170. The molecule has 112 valence electrons. The van der Waals surface area contributed by atoms with E-state index in [0.29, 0.717) is 12.5 Å². The average molecular weight is 290 g/mol. The highest BCUT2D eigenvalue weighted by Gasteiger charge is 2.40. The van der Waals surface area contributed by atoms with Crippen LogP contribution >= 0.6 is 0 Å². The molecular weight excluding hydrogens is 264 g/mol. The first-order valence-corrected chi connectivity index (χ1v) is 8.90. The van der Waals surface area contributed by atoms with Gasteiger partial charge >= 0.3 is 0 Å². The lowest BCUT2D eigenvalue weighted by Gasteiger charge is -2.29. The number of hydrogen-bond acceptors (Lipinski definition) is 4. The molecule has 6 heteroatoms. The summed E-state index contributed by atoms with van der Waals surface area (Å²) in [5, 5.41) is 3.30. The predicted molar refractivity (Wildman–Crippen MR) is 75.6 cm³/mol. The molecule has 2 unspecified atom stereocenters. The van der Waals surface area contributed by atoms with Crippen molar-refractivity contribution in [3.05, 3.63) is 0 Å². The van der Waals surface area contributed by atoms with Gasteiger partial charge in [0.1, 0.15) is 0 Å². The zero-order chi connectivity index (χ0) is 13.9. The van der Waals surface area contributed by atoms with Crippen molar-refractivity contribution < 1.29 is 13.2 Å². The quantitative estimate of drug-likeness (QED) is 0.788. The minimum absolute atomic E-state index is 0.0545. The molecule has 0 radical (unpaired) electrons. The molecule has 2 N–H and O–H groups in total. The summed E-state index contributed by atoms with van der Waals surface area (Å²) < 4.78 is 32.7. The SMILES string of the molecule is CC1OCCC1(C)NS(=O)(=O)CCC1CCNCC1. The molecule has 0 amide bonds. The van der Waals surface area contributed by atoms with E-state index in [1.54, 1.807) is 0 Å². The fraction of sp³-hybridized carbons (Fsp3) is 1.00. The van der Waals surface area contributed by atoms with Crippen molar-refractivity contribution >= 4 is 10.0 Å². The molecule has 19 heavy (non-hydrogen) atoms. The third kappa shape index (κ3) is 4.15. The van der Waals surface area contributed by atoms with Crippen LogP contribution in [0.4, 0.5) is 0 Å². The van der Waals surface area contributed by atoms with Crippen molar-refractivity contribution in [1.82, 2.24) is 10.0 Å². The van der Waals surface area contributed by atoms with Crippen molar-refractivity contribution in [2.24, 2.45) is 5.92 Å². The number of rotatable bonds is 5. The van der Waals surface area contributed by atoms with E-state index in [9.17, 15) is 8.42 Å². The van der Waals surface area contributed by atoms with E-state index in [1.807, 2.05) is 13.8 Å². The number of sulfonamides is 1. The monoisotopic (exact) mass is 290 g/mol. The molecule has 0 bridgehead atoms. The van der Waals surface area contributed by atoms with Gasteiger partial charge in [0.25, 0.3) is 0 Å². The van der Waals surface area contributed by atoms with Crippen LogP contribution in [0.25, 0.3) is 0 Å². The van der Waals surface area contributed by atoms with Gasteiger partial charge in [0.05, 0.1) is 17.4 Å². The number of piperidine rings is 1. The smallest absolute Gasteiger partial charge is 0.212 e. The van der Waals surface area contributed by atoms with E-state index in [0.717, 1.165) is 38.8 Å². The highest BCUT2D eigenvalue weighted by molar-refractivity contribution is 7.89. The molecule has 0 spiro atoms. The van der Waals surface area contributed by atoms with Gasteiger partial charge in [-0.25, -0.2) is 13.1 Å². The lowest BCUT2D eigenvalue weighted by Crippen LogP contribution is -2.51. The van der Waals surface area contributed by atoms with Gasteiger partial charge in [0, 0.05) is 6.61 Å². The molecule has 0 aromatic rings. The van der Waals surface area contributed by atoms with Crippen LogP contribution < -0.4 is 10.0 Å². The van der Waals surface area contributed by atoms with Crippen LogP contribution in [0.15, 0.2) is 0 Å². The van der Waals surface area contributed by atoms with Crippen LogP contribution in [-0.2, 0) is 14.8 Å². The summed E-state index contributed by atoms with van der Waals surface area (Å²) in [6, 6.07) is 0. The van der Waals surface area contributed by atoms with Gasteiger partial charge in [-0.15, -0.1) is 0 Å². The normalized spacial score (nSPS) is 33.7. The summed E-state index contributed by atoms with van der Waals surface area (Å²) in [4.78, 5) is 0. The maximum Gasteiger partial charge on any atom is 0.212 e. The largest absolute Gasteiger partial charge is 0.376 e. The van der Waals surface area contributed by atoms with Gasteiger partial charge in [-0.1, -0.05) is 0 Å². The summed E-state index contributed by atoms with van der Waals surface area (Å²) in [7, 11) is -3.21. The van der Waals surface area contributed by atoms with Crippen molar-refractivity contribution in [3.8, 4) is 0 Å². The number of hydrogen-bond donors (Lipinski definition) is 2. The maximum atomic E-state index is 12.2. The second kappa shape index (κ2) is 6.08. The zero-order valence-electron chi connectivity index (χ0n) is 11.9. The van der Waals surface area contributed by atoms with Crippen LogP contribution in [0, 0.1) is 5.92 Å². The Morgan fingerprint density at radius 1 is 1.37 bits per heavy atom. The van der Waals surface area contributed by atoms with Crippen molar-refractivity contribution in [1.29, 1.82) is 0 Å². The van der Waals surface area contributed by atoms with E-state index >= 15 is 0 Å². The van der Waals surface area contributed by atoms with E-state index in [4.69, 9.17) is 4.74 Å². The molecule has 2 aliphatic rings. The third-order valence-electron chi connectivity index (χ3n) is 4.53. The Morgan fingerprint density at radius 2 is 2.05 bits per heavy atom. The van der Waals surface area contributed by atoms with Crippen molar-refractivity contribution in [2.75, 3.05) is 25.4 Å². The van der Waals surface area contributed by atoms with E-state index in [1.165, 1.54) is 0 Å². The van der Waals surface area contributed by atoms with E-state index in [-0.39, 0.29) is 11.9 Å². The maximum absolute atomic E-state index is 12.2. The molecule has 0 aliphatic carbocycles. The van der Waals surface area contributed by atoms with Gasteiger partial charge in [-0.3, -0.25) is 0 Å². The summed E-state index contributed by atoms with van der Waals surface area (Å²) in [5.74, 6) is 0.780. The van der Waals surface area contributed by atoms with Crippen LogP contribution in [-0.4, -0.2) is 45.5 Å². The lowest BCUT2D eigenvalue weighted by atomic mass is 9.96. The summed E-state index contributed by atoms with van der Waals surface area (Å²) in [5.41, 5.74) is -0.438. The summed E-state index contributed by atoms with van der Waals surface area (Å²) in [6.07, 6.45) is 3.64. The zero-order valence-corrected chi connectivity index (χ0v) is 12.8. The highest BCUT2D eigenvalue weighted by Crippen LogP contribution is 2.26. The van der Waals surface area contributed by atoms with Crippen molar-refractivity contribution in [2.45, 2.75) is 51.2 Å². The molecular formula is C13H26N2O3S. The van der Waals surface area contributed by atoms with Gasteiger partial charge < -0.3 is 10.1 Å². The molecule has 5 nitrogen and oxygen atoms in total. The van der Waals surface area contributed by atoms with Crippen LogP contribution in [0.2, 0.25) is 0 Å². The molecule has 0 saturated carbocycles. The molecule has 0 aromatic heterocycles. The Morgan fingerprint density at radius 3 is 2.63 bits per heavy atom. The minimum atomic E-state index is -3.21. The predicted octanol–water partition coefficient (Wildman–Crippen LogP) is 0.863. The first kappa shape index (κ1) is 15.2. The van der Waals surface area contributed by atoms with Crippen LogP contribution in [0.5, 0.6) is 0 Å². The first-order chi connectivity index (χ1) is 8.91. The Labute approximate surface area is 116 Å². The standard InChI is InChI=1S/C13H26N2O3S/c1-11-13(2,6-9-18-11)15-19(16,17)10-5-12-3-7-14-8-4-12/h11-12,14-15H,3-10H2,1-2H3. The van der Waals surface area contributed by atoms with Crippen molar-refractivity contribution in [3.63, 3.8) is 0 Å². The topological polar surface area (TPSA) is 67.4 Å². The van der Waals surface area contributed by atoms with Gasteiger partial charge in [0.2, 0.25) is 10.0 Å². The Bertz CT molecular complexity index is 393. The van der Waals surface area contributed by atoms with Gasteiger partial charge in [-0.05, 0) is 58.5 Å². The molecule has 2 atom stereocenters. The van der Waals surface area contributed by atoms with Gasteiger partial charge in [-0.2, -0.15) is 0 Å². The Balaban J connectivity index is 1.84. The lowest BCUT2D eigenvalue weighted by molar-refractivity contribution is 0.0957. The number of nitrogens with one attached hydrogen (secondary N) is 2. The van der Waals surface area contributed by atoms with Gasteiger partial charge in [0.15, 0.2) is 0 Å². The third-order valence-corrected chi connectivity index (χ3v) is 6.08. The number of ether oxygens (including phenoxy) is 1. The fourth-order valence-electron chi connectivity index (χ4n) is 2.87. The summed E-state index contributed by atoms with van der Waals surface area (Å²) in [6.45, 7) is 6.53. The summed E-state index contributed by atoms with van der Waals surface area (Å²) >= 11 is 0. The second-order valence-electron chi connectivity index (χ2n) is 6.08. The first-order valence-electron chi connectivity index (χ1n) is 7.25. The fourth-order valence-corrected chi connectivity index (χ4v) is 4.59. The molecule has 2 heterocycles. The molecule has 2 fully saturated rings. The second-order valence-corrected chi connectivity index (χ2v) is 7.93. The van der Waals surface area contributed by atoms with Crippen LogP contribution in [0.3, 0.4) is 0 Å². The molecule has 0 aromatic carbocycles. The highest BCUT2D eigenvalue weighted by atomic mass is 32.2. The Kier molecular flexibility index (Phi) is 4.87. The minimum Gasteiger partial charge on any atom is -0.376 e. The molecule has 2 rings (SSSR count). The van der Waals surface area contributed by atoms with E-state index < -0.39 is 15.6 Å². The van der Waals surface area contributed by atoms with Crippen LogP contribution in [0.1, 0.15) is 39.5 Å². The van der Waals surface area contributed by atoms with E-state index in [2.05, 4.69) is 10.0 Å². The molecule has 2 saturated heterocycles. The average Bonchev–Trinajstić information content (AvgIpc) is 2.67. The molecule has 2 aliphatic heterocycles.